The van der Waals surface area contributed by atoms with Crippen molar-refractivity contribution < 1.29 is 32.4 Å². The highest BCUT2D eigenvalue weighted by Gasteiger charge is 2.38. The number of nitrogens with zero attached hydrogens (tertiary/aromatic N) is 2. The van der Waals surface area contributed by atoms with Crippen molar-refractivity contribution in [2.24, 2.45) is 0 Å². The molecule has 31 heavy (non-hydrogen) atoms. The molecule has 0 bridgehead atoms. The predicted molar refractivity (Wildman–Crippen MR) is 106 cm³/mol. The monoisotopic (exact) mass is 443 g/mol. The van der Waals surface area contributed by atoms with Crippen molar-refractivity contribution in [1.82, 2.24) is 9.79 Å². The van der Waals surface area contributed by atoms with E-state index in [0.29, 0.717) is 23.7 Å². The average molecular weight is 443 g/mol. The van der Waals surface area contributed by atoms with Crippen LogP contribution in [-0.4, -0.2) is 50.3 Å². The standard InChI is InChI=1S/C20H17N3O7S/c24-17-6-3-11-22(17)13-7-9-14(10-8-13)31(28,29)21-12-18(25)30-23-19(26)15-4-1-2-5-16(15)20(23)27/h1-2,4-5,7-10,21H,3,6,11-12H2. The number of nitrogens with one attached hydrogen (secondary N) is 1. The number of hydrogen-bond acceptors (Lipinski definition) is 7. The van der Waals surface area contributed by atoms with Gasteiger partial charge in [-0.05, 0) is 42.8 Å². The van der Waals surface area contributed by atoms with Crippen LogP contribution in [0, 0.1) is 0 Å². The highest BCUT2D eigenvalue weighted by atomic mass is 32.2. The summed E-state index contributed by atoms with van der Waals surface area (Å²) in [7, 11) is -4.07. The molecule has 160 valence electrons. The third kappa shape index (κ3) is 3.92. The molecule has 0 aromatic heterocycles. The highest BCUT2D eigenvalue weighted by Crippen LogP contribution is 2.24. The molecule has 0 unspecified atom stereocenters. The van der Waals surface area contributed by atoms with E-state index in [2.05, 4.69) is 4.72 Å². The van der Waals surface area contributed by atoms with Gasteiger partial charge in [-0.1, -0.05) is 17.2 Å². The van der Waals surface area contributed by atoms with Gasteiger partial charge in [0.1, 0.15) is 6.54 Å². The van der Waals surface area contributed by atoms with Crippen LogP contribution in [0.2, 0.25) is 0 Å². The molecule has 11 heteroatoms. The van der Waals surface area contributed by atoms with Gasteiger partial charge in [0.05, 0.1) is 16.0 Å². The number of carbonyl (C=O) groups excluding carboxylic acids is 4. The minimum atomic E-state index is -4.07. The van der Waals surface area contributed by atoms with Gasteiger partial charge in [0, 0.05) is 18.7 Å². The van der Waals surface area contributed by atoms with Gasteiger partial charge in [-0.2, -0.15) is 4.72 Å². The number of imide groups is 1. The topological polar surface area (TPSA) is 130 Å². The third-order valence-corrected chi connectivity index (χ3v) is 6.31. The van der Waals surface area contributed by atoms with Crippen LogP contribution in [0.1, 0.15) is 33.6 Å². The van der Waals surface area contributed by atoms with Crippen molar-refractivity contribution in [2.75, 3.05) is 18.0 Å². The molecule has 10 nitrogen and oxygen atoms in total. The Hall–Kier alpha value is -3.57. The van der Waals surface area contributed by atoms with Gasteiger partial charge in [-0.25, -0.2) is 13.2 Å². The van der Waals surface area contributed by atoms with Crippen molar-refractivity contribution in [3.63, 3.8) is 0 Å². The number of amides is 3. The zero-order valence-corrected chi connectivity index (χ0v) is 16.9. The Bertz CT molecular complexity index is 1160. The van der Waals surface area contributed by atoms with Gasteiger partial charge in [-0.15, -0.1) is 0 Å². The quantitative estimate of drug-likeness (QED) is 0.655. The van der Waals surface area contributed by atoms with Crippen molar-refractivity contribution in [2.45, 2.75) is 17.7 Å². The zero-order chi connectivity index (χ0) is 22.2. The fraction of sp³-hybridized carbons (Fsp3) is 0.200. The second-order valence-corrected chi connectivity index (χ2v) is 8.65. The fourth-order valence-corrected chi connectivity index (χ4v) is 4.32. The molecule has 0 atom stereocenters. The minimum Gasteiger partial charge on any atom is -0.328 e. The maximum absolute atomic E-state index is 12.4. The molecule has 2 aromatic carbocycles. The number of carbonyl (C=O) groups is 4. The summed E-state index contributed by atoms with van der Waals surface area (Å²) in [4.78, 5) is 54.4. The summed E-state index contributed by atoms with van der Waals surface area (Å²) in [5.74, 6) is -2.75. The molecule has 1 saturated heterocycles. The summed E-state index contributed by atoms with van der Waals surface area (Å²) in [6, 6.07) is 11.6. The first kappa shape index (κ1) is 20.7. The summed E-state index contributed by atoms with van der Waals surface area (Å²) < 4.78 is 26.9. The lowest BCUT2D eigenvalue weighted by Crippen LogP contribution is -2.38. The summed E-state index contributed by atoms with van der Waals surface area (Å²) in [5.41, 5.74) is 0.779. The van der Waals surface area contributed by atoms with E-state index in [0.717, 1.165) is 6.42 Å². The molecule has 0 aliphatic carbocycles. The molecule has 1 fully saturated rings. The van der Waals surface area contributed by atoms with E-state index < -0.39 is 34.4 Å². The van der Waals surface area contributed by atoms with E-state index in [1.165, 1.54) is 36.4 Å². The Morgan fingerprint density at radius 1 is 0.968 bits per heavy atom. The van der Waals surface area contributed by atoms with Crippen LogP contribution in [0.4, 0.5) is 5.69 Å². The maximum atomic E-state index is 12.4. The number of rotatable bonds is 6. The molecule has 2 aliphatic rings. The Balaban J connectivity index is 1.37. The SMILES string of the molecule is O=C(CNS(=O)(=O)c1ccc(N2CCCC2=O)cc1)ON1C(=O)c2ccccc2C1=O. The van der Waals surface area contributed by atoms with Gasteiger partial charge in [0.2, 0.25) is 15.9 Å². The number of benzene rings is 2. The first-order valence-corrected chi connectivity index (χ1v) is 10.8. The lowest BCUT2D eigenvalue weighted by atomic mass is 10.1. The number of hydroxylamine groups is 2. The lowest BCUT2D eigenvalue weighted by Gasteiger charge is -2.16. The second kappa shape index (κ2) is 7.93. The van der Waals surface area contributed by atoms with Crippen molar-refractivity contribution in [3.8, 4) is 0 Å². The second-order valence-electron chi connectivity index (χ2n) is 6.88. The van der Waals surface area contributed by atoms with Gasteiger partial charge in [0.15, 0.2) is 0 Å². The van der Waals surface area contributed by atoms with E-state index in [1.54, 1.807) is 17.0 Å². The van der Waals surface area contributed by atoms with Gasteiger partial charge in [-0.3, -0.25) is 14.4 Å². The van der Waals surface area contributed by atoms with Crippen LogP contribution < -0.4 is 9.62 Å². The number of sulfonamides is 1. The van der Waals surface area contributed by atoms with Gasteiger partial charge < -0.3 is 9.74 Å². The van der Waals surface area contributed by atoms with E-state index in [4.69, 9.17) is 4.84 Å². The summed E-state index contributed by atoms with van der Waals surface area (Å²) in [6.07, 6.45) is 1.20. The van der Waals surface area contributed by atoms with Gasteiger partial charge >= 0.3 is 5.97 Å². The zero-order valence-electron chi connectivity index (χ0n) is 16.1. The Morgan fingerprint density at radius 3 is 2.13 bits per heavy atom. The first-order chi connectivity index (χ1) is 14.8. The largest absolute Gasteiger partial charge is 0.347 e. The average Bonchev–Trinajstić information content (AvgIpc) is 3.30. The van der Waals surface area contributed by atoms with Crippen LogP contribution in [0.15, 0.2) is 53.4 Å². The highest BCUT2D eigenvalue weighted by molar-refractivity contribution is 7.89. The Morgan fingerprint density at radius 2 is 1.58 bits per heavy atom. The van der Waals surface area contributed by atoms with Crippen molar-refractivity contribution >= 4 is 39.4 Å². The van der Waals surface area contributed by atoms with Crippen LogP contribution >= 0.6 is 0 Å². The van der Waals surface area contributed by atoms with Crippen LogP contribution in [0.25, 0.3) is 0 Å². The normalized spacial score (nSPS) is 16.1. The van der Waals surface area contributed by atoms with E-state index >= 15 is 0 Å². The minimum absolute atomic E-state index is 0.0235. The van der Waals surface area contributed by atoms with E-state index in [-0.39, 0.29) is 21.9 Å². The molecule has 0 saturated carbocycles. The molecule has 3 amide bonds. The predicted octanol–water partition coefficient (Wildman–Crippen LogP) is 0.846. The molecular weight excluding hydrogens is 426 g/mol. The van der Waals surface area contributed by atoms with Crippen LogP contribution in [-0.2, 0) is 24.4 Å². The Kier molecular flexibility index (Phi) is 5.29. The van der Waals surface area contributed by atoms with E-state index in [1.807, 2.05) is 0 Å². The molecule has 2 aliphatic heterocycles. The number of hydrogen-bond donors (Lipinski definition) is 1. The molecule has 1 N–H and O–H groups in total. The molecule has 0 radical (unpaired) electrons. The van der Waals surface area contributed by atoms with Crippen LogP contribution in [0.5, 0.6) is 0 Å². The summed E-state index contributed by atoms with van der Waals surface area (Å²) in [5, 5.41) is 0.309. The molecular formula is C20H17N3O7S. The number of fused-ring (bicyclic) bond motifs is 1. The van der Waals surface area contributed by atoms with Gasteiger partial charge in [0.25, 0.3) is 11.8 Å². The summed E-state index contributed by atoms with van der Waals surface area (Å²) >= 11 is 0. The fourth-order valence-electron chi connectivity index (χ4n) is 3.35. The Labute approximate surface area is 177 Å². The summed E-state index contributed by atoms with van der Waals surface area (Å²) in [6.45, 7) is -0.213. The number of anilines is 1. The molecule has 4 rings (SSSR count). The van der Waals surface area contributed by atoms with Crippen molar-refractivity contribution in [1.29, 1.82) is 0 Å². The maximum Gasteiger partial charge on any atom is 0.347 e. The first-order valence-electron chi connectivity index (χ1n) is 9.36. The lowest BCUT2D eigenvalue weighted by molar-refractivity contribution is -0.166. The smallest absolute Gasteiger partial charge is 0.328 e. The molecule has 2 aromatic rings. The van der Waals surface area contributed by atoms with E-state index in [9.17, 15) is 27.6 Å². The third-order valence-electron chi connectivity index (χ3n) is 4.89. The van der Waals surface area contributed by atoms with Crippen LogP contribution in [0.3, 0.4) is 0 Å². The molecule has 0 spiro atoms. The molecule has 2 heterocycles. The van der Waals surface area contributed by atoms with Crippen molar-refractivity contribution in [3.05, 3.63) is 59.7 Å².